The fraction of sp³-hybridized carbons (Fsp3) is 0.552. The van der Waals surface area contributed by atoms with Gasteiger partial charge in [0.1, 0.15) is 6.17 Å². The lowest BCUT2D eigenvalue weighted by molar-refractivity contribution is -0.0386. The van der Waals surface area contributed by atoms with Gasteiger partial charge in [0, 0.05) is 31.7 Å². The second-order valence-electron chi connectivity index (χ2n) is 10.1. The van der Waals surface area contributed by atoms with Gasteiger partial charge in [-0.25, -0.2) is 9.18 Å². The Morgan fingerprint density at radius 3 is 1.84 bits per heavy atom. The number of halogens is 1. The van der Waals surface area contributed by atoms with Gasteiger partial charge in [-0.1, -0.05) is 60.7 Å². The van der Waals surface area contributed by atoms with Crippen molar-refractivity contribution in [2.45, 2.75) is 58.6 Å². The molecule has 0 aliphatic carbocycles. The smallest absolute Gasteiger partial charge is 0.407 e. The van der Waals surface area contributed by atoms with Crippen molar-refractivity contribution in [3.05, 3.63) is 71.8 Å². The lowest BCUT2D eigenvalue weighted by Crippen LogP contribution is -2.46. The molecular weight excluding hydrogens is 475 g/mol. The molecule has 2 aromatic carbocycles. The number of amides is 1. The van der Waals surface area contributed by atoms with Gasteiger partial charge in [0.15, 0.2) is 0 Å². The van der Waals surface area contributed by atoms with Crippen LogP contribution in [0.5, 0.6) is 0 Å². The quantitative estimate of drug-likeness (QED) is 0.289. The summed E-state index contributed by atoms with van der Waals surface area (Å²) in [4.78, 5) is 14.8. The second-order valence-corrected chi connectivity index (χ2v) is 10.1. The van der Waals surface area contributed by atoms with Crippen molar-refractivity contribution >= 4 is 6.09 Å². The number of carboxylic acid groups (broad SMARTS) is 1. The highest BCUT2D eigenvalue weighted by Gasteiger charge is 2.25. The third-order valence-corrected chi connectivity index (χ3v) is 5.92. The highest BCUT2D eigenvalue weighted by atomic mass is 19.1. The third-order valence-electron chi connectivity index (χ3n) is 5.92. The summed E-state index contributed by atoms with van der Waals surface area (Å²) in [6.45, 7) is 10.8. The topological polar surface area (TPSA) is 71.5 Å². The third kappa shape index (κ3) is 12.5. The first kappa shape index (κ1) is 30.7. The van der Waals surface area contributed by atoms with Crippen molar-refractivity contribution in [1.29, 1.82) is 0 Å². The molecule has 0 spiro atoms. The highest BCUT2D eigenvalue weighted by molar-refractivity contribution is 5.65. The number of ether oxygens (including phenoxy) is 3. The number of benzene rings is 2. The van der Waals surface area contributed by atoms with Crippen LogP contribution in [0.25, 0.3) is 0 Å². The molecule has 0 saturated carbocycles. The van der Waals surface area contributed by atoms with Crippen LogP contribution in [0.15, 0.2) is 60.7 Å². The molecule has 0 aliphatic rings. The first-order chi connectivity index (χ1) is 17.7. The van der Waals surface area contributed by atoms with Crippen molar-refractivity contribution in [1.82, 2.24) is 9.80 Å². The summed E-state index contributed by atoms with van der Waals surface area (Å²) in [5.41, 5.74) is 1.81. The zero-order chi connectivity index (χ0) is 27.1. The molecule has 0 fully saturated rings. The number of alkyl halides is 1. The number of hydrogen-bond acceptors (Lipinski definition) is 5. The number of carbonyl (C=O) groups is 1. The molecule has 0 saturated heterocycles. The van der Waals surface area contributed by atoms with Crippen LogP contribution >= 0.6 is 0 Å². The molecule has 0 heterocycles. The van der Waals surface area contributed by atoms with Gasteiger partial charge < -0.3 is 24.2 Å². The van der Waals surface area contributed by atoms with Crippen LogP contribution in [0.3, 0.4) is 0 Å². The summed E-state index contributed by atoms with van der Waals surface area (Å²) in [7, 11) is 0. The monoisotopic (exact) mass is 518 g/mol. The molecule has 2 aromatic rings. The van der Waals surface area contributed by atoms with Crippen LogP contribution in [-0.4, -0.2) is 84.9 Å². The van der Waals surface area contributed by atoms with Crippen LogP contribution in [-0.2, 0) is 27.3 Å². The lowest BCUT2D eigenvalue weighted by Gasteiger charge is -2.32. The number of nitrogens with zero attached hydrogens (tertiary/aromatic N) is 2. The molecule has 2 unspecified atom stereocenters. The largest absolute Gasteiger partial charge is 0.465 e. The highest BCUT2D eigenvalue weighted by Crippen LogP contribution is 2.15. The van der Waals surface area contributed by atoms with E-state index in [9.17, 15) is 9.90 Å². The summed E-state index contributed by atoms with van der Waals surface area (Å²) >= 11 is 0. The van der Waals surface area contributed by atoms with E-state index in [0.717, 1.165) is 11.1 Å². The molecule has 0 radical (unpaired) electrons. The Kier molecular flexibility index (Phi) is 13.6. The molecule has 37 heavy (non-hydrogen) atoms. The molecule has 2 rings (SSSR count). The van der Waals surface area contributed by atoms with E-state index in [4.69, 9.17) is 14.2 Å². The standard InChI is InChI=1S/C29H43FN2O5/c1-24(37-20-19-36-18-17-35-16-15-32(28(33)34)29(2,3)4)27(30)23-31(21-25-11-7-5-8-12-25)22-26-13-9-6-10-14-26/h5-14,24,27H,15-23H2,1-4H3,(H,33,34). The zero-order valence-corrected chi connectivity index (χ0v) is 22.6. The molecule has 2 atom stereocenters. The summed E-state index contributed by atoms with van der Waals surface area (Å²) in [6, 6.07) is 20.2. The molecule has 0 aliphatic heterocycles. The van der Waals surface area contributed by atoms with E-state index in [-0.39, 0.29) is 13.2 Å². The molecule has 8 heteroatoms. The Bertz CT molecular complexity index is 837. The average Bonchev–Trinajstić information content (AvgIpc) is 2.85. The van der Waals surface area contributed by atoms with Crippen LogP contribution in [0.2, 0.25) is 0 Å². The van der Waals surface area contributed by atoms with E-state index in [2.05, 4.69) is 29.2 Å². The number of hydrogen-bond donors (Lipinski definition) is 1. The fourth-order valence-electron chi connectivity index (χ4n) is 3.86. The van der Waals surface area contributed by atoms with Gasteiger partial charge in [0.25, 0.3) is 0 Å². The Morgan fingerprint density at radius 1 is 0.865 bits per heavy atom. The molecule has 1 N–H and O–H groups in total. The van der Waals surface area contributed by atoms with E-state index < -0.39 is 23.9 Å². The maximum absolute atomic E-state index is 15.1. The van der Waals surface area contributed by atoms with E-state index in [1.54, 1.807) is 6.92 Å². The Hall–Kier alpha value is -2.52. The van der Waals surface area contributed by atoms with Crippen LogP contribution in [0.1, 0.15) is 38.8 Å². The summed E-state index contributed by atoms with van der Waals surface area (Å²) in [5.74, 6) is 0. The lowest BCUT2D eigenvalue weighted by atomic mass is 10.1. The van der Waals surface area contributed by atoms with E-state index >= 15 is 4.39 Å². The second kappa shape index (κ2) is 16.3. The van der Waals surface area contributed by atoms with Crippen molar-refractivity contribution in [2.24, 2.45) is 0 Å². The summed E-state index contributed by atoms with van der Waals surface area (Å²) in [6.07, 6.45) is -2.67. The fourth-order valence-corrected chi connectivity index (χ4v) is 3.86. The molecule has 0 bridgehead atoms. The first-order valence-electron chi connectivity index (χ1n) is 12.9. The Balaban J connectivity index is 1.66. The van der Waals surface area contributed by atoms with Crippen molar-refractivity contribution in [2.75, 3.05) is 46.1 Å². The maximum atomic E-state index is 15.1. The Morgan fingerprint density at radius 2 is 1.35 bits per heavy atom. The van der Waals surface area contributed by atoms with Gasteiger partial charge in [-0.2, -0.15) is 0 Å². The molecule has 0 aromatic heterocycles. The van der Waals surface area contributed by atoms with Crippen molar-refractivity contribution in [3.63, 3.8) is 0 Å². The normalized spacial score (nSPS) is 13.5. The molecule has 206 valence electrons. The van der Waals surface area contributed by atoms with Gasteiger partial charge in [-0.05, 0) is 38.8 Å². The van der Waals surface area contributed by atoms with Crippen LogP contribution in [0, 0.1) is 0 Å². The van der Waals surface area contributed by atoms with Gasteiger partial charge in [-0.15, -0.1) is 0 Å². The van der Waals surface area contributed by atoms with Crippen molar-refractivity contribution < 1.29 is 28.5 Å². The van der Waals surface area contributed by atoms with Crippen LogP contribution < -0.4 is 0 Å². The summed E-state index contributed by atoms with van der Waals surface area (Å²) < 4.78 is 31.8. The van der Waals surface area contributed by atoms with Crippen LogP contribution in [0.4, 0.5) is 9.18 Å². The minimum Gasteiger partial charge on any atom is -0.465 e. The van der Waals surface area contributed by atoms with Gasteiger partial charge >= 0.3 is 6.09 Å². The van der Waals surface area contributed by atoms with E-state index in [1.807, 2.05) is 57.2 Å². The zero-order valence-electron chi connectivity index (χ0n) is 22.6. The molecule has 1 amide bonds. The van der Waals surface area contributed by atoms with E-state index in [1.165, 1.54) is 4.90 Å². The molecule has 7 nitrogen and oxygen atoms in total. The first-order valence-corrected chi connectivity index (χ1v) is 12.9. The number of rotatable bonds is 17. The minimum atomic E-state index is -1.14. The predicted octanol–water partition coefficient (Wildman–Crippen LogP) is 5.24. The Labute approximate surface area is 221 Å². The van der Waals surface area contributed by atoms with Gasteiger partial charge in [-0.3, -0.25) is 4.90 Å². The van der Waals surface area contributed by atoms with Gasteiger partial charge in [0.05, 0.1) is 39.1 Å². The maximum Gasteiger partial charge on any atom is 0.407 e. The predicted molar refractivity (Wildman–Crippen MR) is 143 cm³/mol. The SMILES string of the molecule is CC(OCCOCCOCCN(C(=O)O)C(C)(C)C)C(F)CN(Cc1ccccc1)Cc1ccccc1. The average molecular weight is 519 g/mol. The minimum absolute atomic E-state index is 0.265. The van der Waals surface area contributed by atoms with E-state index in [0.29, 0.717) is 46.1 Å². The summed E-state index contributed by atoms with van der Waals surface area (Å²) in [5, 5.41) is 9.28. The van der Waals surface area contributed by atoms with Gasteiger partial charge in [0.2, 0.25) is 0 Å². The molecular formula is C29H43FN2O5. The van der Waals surface area contributed by atoms with Crippen molar-refractivity contribution in [3.8, 4) is 0 Å².